The van der Waals surface area contributed by atoms with Gasteiger partial charge >= 0.3 is 0 Å². The van der Waals surface area contributed by atoms with E-state index in [1.54, 1.807) is 24.3 Å². The van der Waals surface area contributed by atoms with Crippen molar-refractivity contribution in [1.29, 1.82) is 0 Å². The van der Waals surface area contributed by atoms with Crippen LogP contribution in [0.1, 0.15) is 38.5 Å². The molecule has 0 spiro atoms. The van der Waals surface area contributed by atoms with Crippen LogP contribution in [0.2, 0.25) is 0 Å². The molecule has 1 aliphatic carbocycles. The molecule has 10 heteroatoms. The van der Waals surface area contributed by atoms with Crippen LogP contribution in [-0.2, 0) is 11.3 Å². The van der Waals surface area contributed by atoms with Crippen LogP contribution in [0.3, 0.4) is 0 Å². The van der Waals surface area contributed by atoms with Gasteiger partial charge in [-0.05, 0) is 12.1 Å². The first-order valence-corrected chi connectivity index (χ1v) is 11.1. The zero-order valence-electron chi connectivity index (χ0n) is 18.3. The van der Waals surface area contributed by atoms with E-state index < -0.39 is 0 Å². The second kappa shape index (κ2) is 7.98. The molecule has 3 heterocycles. The highest BCUT2D eigenvalue weighted by Crippen LogP contribution is 2.35. The normalized spacial score (nSPS) is 16.5. The van der Waals surface area contributed by atoms with Gasteiger partial charge in [-0.2, -0.15) is 0 Å². The summed E-state index contributed by atoms with van der Waals surface area (Å²) < 4.78 is 12.2. The van der Waals surface area contributed by atoms with E-state index in [0.29, 0.717) is 37.3 Å². The summed E-state index contributed by atoms with van der Waals surface area (Å²) in [5.74, 6) is 0.853. The van der Waals surface area contributed by atoms with Crippen molar-refractivity contribution < 1.29 is 23.9 Å². The Labute approximate surface area is 194 Å². The number of ketones is 2. The van der Waals surface area contributed by atoms with Gasteiger partial charge in [0.1, 0.15) is 5.69 Å². The third kappa shape index (κ3) is 3.30. The van der Waals surface area contributed by atoms with Gasteiger partial charge in [0.15, 0.2) is 17.2 Å². The number of carbonyl (C=O) groups is 3. The highest BCUT2D eigenvalue weighted by atomic mass is 16.7. The minimum Gasteiger partial charge on any atom is -0.454 e. The zero-order valence-corrected chi connectivity index (χ0v) is 18.3. The molecule has 0 saturated carbocycles. The van der Waals surface area contributed by atoms with Gasteiger partial charge in [-0.15, -0.1) is 5.10 Å². The van der Waals surface area contributed by atoms with E-state index in [4.69, 9.17) is 9.47 Å². The Balaban J connectivity index is 1.09. The number of nitrogens with zero attached hydrogens (tertiary/aromatic N) is 5. The van der Waals surface area contributed by atoms with Gasteiger partial charge in [0.25, 0.3) is 0 Å². The van der Waals surface area contributed by atoms with Gasteiger partial charge < -0.3 is 19.3 Å². The third-order valence-corrected chi connectivity index (χ3v) is 6.47. The minimum absolute atomic E-state index is 0.0235. The van der Waals surface area contributed by atoms with Crippen molar-refractivity contribution in [3.8, 4) is 11.5 Å². The average molecular weight is 459 g/mol. The van der Waals surface area contributed by atoms with E-state index >= 15 is 0 Å². The van der Waals surface area contributed by atoms with Crippen molar-refractivity contribution in [3.05, 3.63) is 65.0 Å². The number of aryl methyl sites for hydroxylation is 1. The number of ether oxygens (including phenoxy) is 2. The maximum atomic E-state index is 13.0. The number of aromatic nitrogens is 3. The van der Waals surface area contributed by atoms with Gasteiger partial charge in [-0.1, -0.05) is 29.5 Å². The van der Waals surface area contributed by atoms with Crippen LogP contribution in [0.5, 0.6) is 11.5 Å². The Morgan fingerprint density at radius 2 is 1.65 bits per heavy atom. The number of hydrogen-bond acceptors (Lipinski definition) is 8. The van der Waals surface area contributed by atoms with Crippen molar-refractivity contribution in [2.24, 2.45) is 0 Å². The highest BCUT2D eigenvalue weighted by molar-refractivity contribution is 6.26. The molecule has 0 bridgehead atoms. The van der Waals surface area contributed by atoms with Crippen molar-refractivity contribution in [2.75, 3.05) is 37.9 Å². The van der Waals surface area contributed by atoms with Gasteiger partial charge in [-0.3, -0.25) is 14.4 Å². The Bertz CT molecular complexity index is 1330. The van der Waals surface area contributed by atoms with E-state index in [9.17, 15) is 14.4 Å². The number of rotatable bonds is 4. The zero-order chi connectivity index (χ0) is 23.2. The number of benzene rings is 2. The van der Waals surface area contributed by atoms with Crippen molar-refractivity contribution >= 4 is 23.2 Å². The van der Waals surface area contributed by atoms with Crippen LogP contribution < -0.4 is 14.4 Å². The summed E-state index contributed by atoms with van der Waals surface area (Å²) in [7, 11) is 0. The number of anilines is 1. The molecule has 3 aliphatic rings. The van der Waals surface area contributed by atoms with E-state index in [1.807, 2.05) is 23.1 Å². The molecule has 172 valence electrons. The van der Waals surface area contributed by atoms with Crippen molar-refractivity contribution in [3.63, 3.8) is 0 Å². The number of hydrogen-bond donors (Lipinski definition) is 0. The molecule has 34 heavy (non-hydrogen) atoms. The number of piperazine rings is 1. The quantitative estimate of drug-likeness (QED) is 0.452. The lowest BCUT2D eigenvalue weighted by atomic mass is 9.90. The van der Waals surface area contributed by atoms with Crippen LogP contribution in [0.15, 0.2) is 42.5 Å². The molecule has 10 nitrogen and oxygen atoms in total. The molecular formula is C24H21N5O5. The molecule has 1 aromatic heterocycles. The molecule has 0 atom stereocenters. The first-order valence-electron chi connectivity index (χ1n) is 11.1. The van der Waals surface area contributed by atoms with Crippen molar-refractivity contribution in [1.82, 2.24) is 19.9 Å². The van der Waals surface area contributed by atoms with Gasteiger partial charge in [-0.25, -0.2) is 4.68 Å². The summed E-state index contributed by atoms with van der Waals surface area (Å²) in [5.41, 5.74) is 1.92. The maximum absolute atomic E-state index is 13.0. The topological polar surface area (TPSA) is 107 Å². The smallest absolute Gasteiger partial charge is 0.231 e. The fourth-order valence-electron chi connectivity index (χ4n) is 4.64. The summed E-state index contributed by atoms with van der Waals surface area (Å²) in [6.07, 6.45) is 0.170. The molecule has 1 saturated heterocycles. The lowest BCUT2D eigenvalue weighted by Gasteiger charge is -2.36. The molecule has 0 unspecified atom stereocenters. The Kier molecular flexibility index (Phi) is 4.79. The fraction of sp³-hybridized carbons (Fsp3) is 0.292. The van der Waals surface area contributed by atoms with Gasteiger partial charge in [0.05, 0.1) is 6.54 Å². The predicted molar refractivity (Wildman–Crippen MR) is 119 cm³/mol. The molecular weight excluding hydrogens is 438 g/mol. The van der Waals surface area contributed by atoms with E-state index in [1.165, 1.54) is 4.68 Å². The molecule has 6 rings (SSSR count). The molecule has 2 aromatic carbocycles. The van der Waals surface area contributed by atoms with Crippen molar-refractivity contribution in [2.45, 2.75) is 13.0 Å². The van der Waals surface area contributed by atoms with Crippen LogP contribution in [0, 0.1) is 0 Å². The Morgan fingerprint density at radius 3 is 2.44 bits per heavy atom. The van der Waals surface area contributed by atoms with E-state index in [-0.39, 0.29) is 48.6 Å². The summed E-state index contributed by atoms with van der Waals surface area (Å²) in [6, 6.07) is 12.5. The molecule has 1 amide bonds. The number of amides is 1. The van der Waals surface area contributed by atoms with Gasteiger partial charge in [0.2, 0.25) is 24.3 Å². The average Bonchev–Trinajstić information content (AvgIpc) is 3.53. The first kappa shape index (κ1) is 20.4. The maximum Gasteiger partial charge on any atom is 0.231 e. The molecule has 0 N–H and O–H groups in total. The first-order chi connectivity index (χ1) is 16.6. The predicted octanol–water partition coefficient (Wildman–Crippen LogP) is 1.52. The summed E-state index contributed by atoms with van der Waals surface area (Å²) in [5, 5.41) is 7.94. The lowest BCUT2D eigenvalue weighted by molar-refractivity contribution is -0.131. The minimum atomic E-state index is -0.317. The standard InChI is InChI=1S/C24H21N5O5/c30-20(28-11-9-27(10-12-28)15-5-6-18-19(13-15)34-14-33-18)7-8-29-22-21(25-26-29)23(31)16-3-1-2-4-17(16)24(22)32/h1-6,13H,7-12,14H2. The molecule has 3 aromatic rings. The Morgan fingerprint density at radius 1 is 0.912 bits per heavy atom. The lowest BCUT2D eigenvalue weighted by Crippen LogP contribution is -2.49. The summed E-state index contributed by atoms with van der Waals surface area (Å²) >= 11 is 0. The monoisotopic (exact) mass is 459 g/mol. The van der Waals surface area contributed by atoms with Crippen LogP contribution in [0.4, 0.5) is 5.69 Å². The summed E-state index contributed by atoms with van der Waals surface area (Å²) in [4.78, 5) is 42.5. The largest absolute Gasteiger partial charge is 0.454 e. The summed E-state index contributed by atoms with van der Waals surface area (Å²) in [6.45, 7) is 3.01. The van der Waals surface area contributed by atoms with E-state index in [2.05, 4.69) is 15.2 Å². The van der Waals surface area contributed by atoms with E-state index in [0.717, 1.165) is 17.2 Å². The highest BCUT2D eigenvalue weighted by Gasteiger charge is 2.35. The van der Waals surface area contributed by atoms with Crippen LogP contribution in [0.25, 0.3) is 0 Å². The van der Waals surface area contributed by atoms with Gasteiger partial charge in [0, 0.05) is 55.5 Å². The molecule has 0 radical (unpaired) electrons. The fourth-order valence-corrected chi connectivity index (χ4v) is 4.64. The molecule has 2 aliphatic heterocycles. The SMILES string of the molecule is O=C1c2ccccc2C(=O)c2c1nnn2CCC(=O)N1CCN(c2ccc3c(c2)OCO3)CC1. The second-order valence-corrected chi connectivity index (χ2v) is 8.37. The number of carbonyl (C=O) groups excluding carboxylic acids is 3. The van der Waals surface area contributed by atoms with Crippen LogP contribution >= 0.6 is 0 Å². The number of fused-ring (bicyclic) bond motifs is 3. The molecule has 1 fully saturated rings. The Hall–Kier alpha value is -4.21. The van der Waals surface area contributed by atoms with Crippen LogP contribution in [-0.4, -0.2) is 70.3 Å². The third-order valence-electron chi connectivity index (χ3n) is 6.47. The second-order valence-electron chi connectivity index (χ2n) is 8.37.